The predicted molar refractivity (Wildman–Crippen MR) is 162 cm³/mol. The third-order valence-electron chi connectivity index (χ3n) is 10.3. The SMILES string of the molecule is CCCNC(=O)c1ccc(-c2cccc(CN3O[C@@H](CO)[C@@H]([C@H](C)O)[C@H]3C(=O)N[C@H]3C[C@H]4C[C@@H]([C@@H]3C)C4(C)C)c2)cc1. The maximum absolute atomic E-state index is 13.9. The normalized spacial score (nSPS) is 30.8. The van der Waals surface area contributed by atoms with Crippen LogP contribution in [-0.4, -0.2) is 64.5 Å². The van der Waals surface area contributed by atoms with E-state index >= 15 is 0 Å². The molecular formula is C34H47N3O5. The summed E-state index contributed by atoms with van der Waals surface area (Å²) in [6, 6.07) is 14.9. The fraction of sp³-hybridized carbons (Fsp3) is 0.588. The molecule has 3 saturated carbocycles. The molecule has 0 unspecified atom stereocenters. The minimum Gasteiger partial charge on any atom is -0.394 e. The van der Waals surface area contributed by atoms with E-state index in [0.717, 1.165) is 29.5 Å². The number of hydroxylamine groups is 2. The number of carbonyl (C=O) groups is 2. The van der Waals surface area contributed by atoms with Crippen molar-refractivity contribution in [1.82, 2.24) is 15.7 Å². The quantitative estimate of drug-likeness (QED) is 0.338. The van der Waals surface area contributed by atoms with Crippen LogP contribution in [0.25, 0.3) is 11.1 Å². The van der Waals surface area contributed by atoms with Crippen LogP contribution in [0.1, 0.15) is 69.8 Å². The Kier molecular flexibility index (Phi) is 9.09. The maximum Gasteiger partial charge on any atom is 0.251 e. The molecule has 2 amide bonds. The summed E-state index contributed by atoms with van der Waals surface area (Å²) in [4.78, 5) is 32.3. The number of fused-ring (bicyclic) bond motifs is 2. The fourth-order valence-corrected chi connectivity index (χ4v) is 7.67. The molecule has 42 heavy (non-hydrogen) atoms. The van der Waals surface area contributed by atoms with Crippen molar-refractivity contribution in [3.8, 4) is 11.1 Å². The average molecular weight is 578 g/mol. The van der Waals surface area contributed by atoms with Crippen LogP contribution in [0.5, 0.6) is 0 Å². The molecule has 2 aromatic rings. The molecule has 2 aromatic carbocycles. The zero-order chi connectivity index (χ0) is 30.2. The second kappa shape index (κ2) is 12.4. The number of amides is 2. The van der Waals surface area contributed by atoms with Crippen LogP contribution in [0.15, 0.2) is 48.5 Å². The number of aliphatic hydroxyl groups is 2. The molecule has 3 aliphatic carbocycles. The Hall–Kier alpha value is -2.78. The van der Waals surface area contributed by atoms with E-state index < -0.39 is 24.2 Å². The van der Waals surface area contributed by atoms with Gasteiger partial charge < -0.3 is 20.8 Å². The number of carbonyl (C=O) groups excluding carboxylic acids is 2. The molecule has 4 N–H and O–H groups in total. The molecule has 1 saturated heterocycles. The van der Waals surface area contributed by atoms with Gasteiger partial charge in [0.1, 0.15) is 12.1 Å². The topological polar surface area (TPSA) is 111 Å². The Morgan fingerprint density at radius 3 is 2.48 bits per heavy atom. The summed E-state index contributed by atoms with van der Waals surface area (Å²) >= 11 is 0. The Morgan fingerprint density at radius 2 is 1.86 bits per heavy atom. The Morgan fingerprint density at radius 1 is 1.12 bits per heavy atom. The van der Waals surface area contributed by atoms with Crippen LogP contribution in [0.2, 0.25) is 0 Å². The summed E-state index contributed by atoms with van der Waals surface area (Å²) in [5.41, 5.74) is 3.84. The van der Waals surface area contributed by atoms with Crippen LogP contribution in [0.3, 0.4) is 0 Å². The number of aliphatic hydroxyl groups excluding tert-OH is 2. The molecule has 2 bridgehead atoms. The van der Waals surface area contributed by atoms with Gasteiger partial charge in [-0.05, 0) is 84.2 Å². The minimum atomic E-state index is -0.835. The zero-order valence-corrected chi connectivity index (χ0v) is 25.5. The van der Waals surface area contributed by atoms with E-state index in [-0.39, 0.29) is 24.5 Å². The van der Waals surface area contributed by atoms with Gasteiger partial charge in [0.25, 0.3) is 5.91 Å². The molecule has 0 spiro atoms. The second-order valence-electron chi connectivity index (χ2n) is 13.3. The smallest absolute Gasteiger partial charge is 0.251 e. The highest BCUT2D eigenvalue weighted by Crippen LogP contribution is 2.61. The van der Waals surface area contributed by atoms with Gasteiger partial charge in [-0.15, -0.1) is 0 Å². The highest BCUT2D eigenvalue weighted by molar-refractivity contribution is 5.94. The maximum atomic E-state index is 13.9. The summed E-state index contributed by atoms with van der Waals surface area (Å²) in [5.74, 6) is 0.791. The van der Waals surface area contributed by atoms with Crippen molar-refractivity contribution < 1.29 is 24.6 Å². The third-order valence-corrected chi connectivity index (χ3v) is 10.3. The van der Waals surface area contributed by atoms with Gasteiger partial charge in [-0.25, -0.2) is 0 Å². The molecular weight excluding hydrogens is 530 g/mol. The highest BCUT2D eigenvalue weighted by atomic mass is 16.7. The first kappa shape index (κ1) is 30.7. The van der Waals surface area contributed by atoms with Crippen molar-refractivity contribution in [2.24, 2.45) is 29.1 Å². The zero-order valence-electron chi connectivity index (χ0n) is 25.5. The molecule has 0 aromatic heterocycles. The van der Waals surface area contributed by atoms with Crippen molar-refractivity contribution >= 4 is 11.8 Å². The van der Waals surface area contributed by atoms with Gasteiger partial charge in [0.05, 0.1) is 19.3 Å². The molecule has 8 atom stereocenters. The Balaban J connectivity index is 1.32. The van der Waals surface area contributed by atoms with E-state index in [1.807, 2.05) is 55.5 Å². The molecule has 6 rings (SSSR count). The van der Waals surface area contributed by atoms with Crippen LogP contribution >= 0.6 is 0 Å². The number of benzene rings is 2. The summed E-state index contributed by atoms with van der Waals surface area (Å²) in [7, 11) is 0. The van der Waals surface area contributed by atoms with E-state index in [4.69, 9.17) is 4.84 Å². The molecule has 1 heterocycles. The summed E-state index contributed by atoms with van der Waals surface area (Å²) in [6.45, 7) is 11.3. The predicted octanol–water partition coefficient (Wildman–Crippen LogP) is 4.15. The molecule has 4 aliphatic rings. The van der Waals surface area contributed by atoms with Gasteiger partial charge in [-0.3, -0.25) is 14.4 Å². The molecule has 8 heteroatoms. The monoisotopic (exact) mass is 577 g/mol. The van der Waals surface area contributed by atoms with Gasteiger partial charge in [0.2, 0.25) is 5.91 Å². The van der Waals surface area contributed by atoms with Gasteiger partial charge in [-0.2, -0.15) is 5.06 Å². The fourth-order valence-electron chi connectivity index (χ4n) is 7.67. The summed E-state index contributed by atoms with van der Waals surface area (Å²) in [5, 5.41) is 28.7. The lowest BCUT2D eigenvalue weighted by Crippen LogP contribution is -2.62. The van der Waals surface area contributed by atoms with Crippen molar-refractivity contribution in [3.05, 3.63) is 59.7 Å². The lowest BCUT2D eigenvalue weighted by molar-refractivity contribution is -0.183. The second-order valence-corrected chi connectivity index (χ2v) is 13.3. The first-order valence-electron chi connectivity index (χ1n) is 15.5. The van der Waals surface area contributed by atoms with Crippen molar-refractivity contribution in [2.75, 3.05) is 13.2 Å². The van der Waals surface area contributed by atoms with E-state index in [9.17, 15) is 19.8 Å². The lowest BCUT2D eigenvalue weighted by Gasteiger charge is -2.62. The first-order chi connectivity index (χ1) is 20.0. The Labute approximate surface area is 249 Å². The standard InChI is InChI=1S/C34H47N3O5/c1-6-14-35-32(40)24-12-10-23(11-13-24)25-9-7-8-22(15-25)18-37-31(30(21(3)39)29(19-38)42-37)33(41)36-28-17-26-16-27(20(28)2)34(26,4)5/h7-13,15,20-21,26-31,38-39H,6,14,16-19H2,1-5H3,(H,35,40)(H,36,41)/t20-,21-,26+,27-,28-,29-,30+,31-/m0/s1. The third kappa shape index (κ3) is 5.87. The molecule has 0 radical (unpaired) electrons. The largest absolute Gasteiger partial charge is 0.394 e. The van der Waals surface area contributed by atoms with Crippen molar-refractivity contribution in [3.63, 3.8) is 0 Å². The summed E-state index contributed by atoms with van der Waals surface area (Å²) < 4.78 is 0. The highest BCUT2D eigenvalue weighted by Gasteiger charge is 2.57. The van der Waals surface area contributed by atoms with Crippen LogP contribution in [0.4, 0.5) is 0 Å². The number of rotatable bonds is 10. The minimum absolute atomic E-state index is 0.0814. The number of hydrogen-bond acceptors (Lipinski definition) is 6. The van der Waals surface area contributed by atoms with Gasteiger partial charge in [0, 0.05) is 24.1 Å². The van der Waals surface area contributed by atoms with Crippen LogP contribution in [0, 0.1) is 29.1 Å². The van der Waals surface area contributed by atoms with E-state index in [2.05, 4.69) is 31.4 Å². The molecule has 1 aliphatic heterocycles. The number of nitrogens with zero attached hydrogens (tertiary/aromatic N) is 1. The van der Waals surface area contributed by atoms with Crippen molar-refractivity contribution in [2.45, 2.75) is 84.7 Å². The van der Waals surface area contributed by atoms with E-state index in [1.165, 1.54) is 6.42 Å². The summed E-state index contributed by atoms with van der Waals surface area (Å²) in [6.07, 6.45) is 1.57. The molecule has 228 valence electrons. The van der Waals surface area contributed by atoms with E-state index in [0.29, 0.717) is 41.8 Å². The van der Waals surface area contributed by atoms with E-state index in [1.54, 1.807) is 12.0 Å². The molecule has 8 nitrogen and oxygen atoms in total. The van der Waals surface area contributed by atoms with Crippen LogP contribution in [-0.2, 0) is 16.2 Å². The average Bonchev–Trinajstić information content (AvgIpc) is 3.35. The molecule has 4 fully saturated rings. The van der Waals surface area contributed by atoms with Gasteiger partial charge in [-0.1, -0.05) is 58.0 Å². The number of hydrogen-bond donors (Lipinski definition) is 4. The number of nitrogens with one attached hydrogen (secondary N) is 2. The van der Waals surface area contributed by atoms with Gasteiger partial charge >= 0.3 is 0 Å². The van der Waals surface area contributed by atoms with Crippen LogP contribution < -0.4 is 10.6 Å². The van der Waals surface area contributed by atoms with Gasteiger partial charge in [0.15, 0.2) is 0 Å². The lowest BCUT2D eigenvalue weighted by atomic mass is 9.45. The van der Waals surface area contributed by atoms with Crippen molar-refractivity contribution in [1.29, 1.82) is 0 Å². The Bertz CT molecular complexity index is 1260. The first-order valence-corrected chi connectivity index (χ1v) is 15.5.